The maximum Gasteiger partial charge on any atom is 0.413 e. The van der Waals surface area contributed by atoms with E-state index < -0.39 is 124 Å². The Bertz CT molecular complexity index is 3060. The third kappa shape index (κ3) is 19.6. The molecule has 0 bridgehead atoms. The van der Waals surface area contributed by atoms with Gasteiger partial charge in [0.1, 0.15) is 71.2 Å². The summed E-state index contributed by atoms with van der Waals surface area (Å²) in [7, 11) is -4.97. The van der Waals surface area contributed by atoms with Gasteiger partial charge in [0.25, 0.3) is 17.7 Å². The summed E-state index contributed by atoms with van der Waals surface area (Å²) in [6, 6.07) is -4.06. The van der Waals surface area contributed by atoms with Crippen molar-refractivity contribution < 1.29 is 79.9 Å². The largest absolute Gasteiger partial charge is 0.457 e. The predicted octanol–water partition coefficient (Wildman–Crippen LogP) is 1.17. The number of nitrogens with zero attached hydrogens (tertiary/aromatic N) is 11. The van der Waals surface area contributed by atoms with Crippen LogP contribution in [0.5, 0.6) is 0 Å². The van der Waals surface area contributed by atoms with Crippen molar-refractivity contribution in [3.8, 4) is 0 Å². The van der Waals surface area contributed by atoms with E-state index in [9.17, 15) is 51.3 Å². The summed E-state index contributed by atoms with van der Waals surface area (Å²) in [5, 5.41) is 30.8. The lowest BCUT2D eigenvalue weighted by Crippen LogP contribution is -2.73. The molecule has 33 nitrogen and oxygen atoms in total. The van der Waals surface area contributed by atoms with Crippen LogP contribution in [-0.4, -0.2) is 176 Å². The highest BCUT2D eigenvalue weighted by Crippen LogP contribution is 2.26. The number of carbonyl (C=O) groups is 8. The predicted molar refractivity (Wildman–Crippen MR) is 279 cm³/mol. The van der Waals surface area contributed by atoms with E-state index in [1.165, 1.54) is 45.4 Å². The second kappa shape index (κ2) is 25.7. The molecule has 2 aliphatic rings. The molecule has 36 heteroatoms. The van der Waals surface area contributed by atoms with Gasteiger partial charge < -0.3 is 44.6 Å². The maximum atomic E-state index is 13.3. The van der Waals surface area contributed by atoms with Crippen molar-refractivity contribution in [2.45, 2.75) is 143 Å². The summed E-state index contributed by atoms with van der Waals surface area (Å²) in [5.74, 6) is -4.85. The van der Waals surface area contributed by atoms with Crippen LogP contribution in [-0.2, 0) is 80.8 Å². The second-order valence-electron chi connectivity index (χ2n) is 20.9. The summed E-state index contributed by atoms with van der Waals surface area (Å²) in [4.78, 5) is 126. The quantitative estimate of drug-likeness (QED) is 0.0192. The first-order chi connectivity index (χ1) is 37.0. The van der Waals surface area contributed by atoms with Gasteiger partial charge in [0.2, 0.25) is 19.1 Å². The number of amides is 6. The number of oxime groups is 2. The molecule has 2 fully saturated rings. The number of esters is 2. The molecule has 0 unspecified atom stereocenters. The lowest BCUT2D eigenvalue weighted by atomic mass is 9.98. The average molecular weight is 1180 g/mol. The standard InChI is InChI=1S/C22H30N8O10S2.C22H30N8O7S/c1-21(2,3)39-14(31)8-38-28-15(12-9-41-19(25-12)27-20(34)40-22(4,5)6)17(32)26-16-13(7-29-11-23-10-24-29)30(18(16)33)42(35,36)37;1-21(2,3)36-14(31)8-35-29-16(13-9-38-19(26-13)28-20(34)37-22(4,5)6)18(33)27-15-12(25-17(15)32)7-30-11-23-10-24-30/h9-11,13,16H,7-8H2,1-6H3,(H,26,32)(H,25,27,34)(H,35,36,37);9-12,15H,7-8H2,1-6H3,(H,25,32)(H,27,33)(H,26,28,34)/b28-15-;29-16-/t13-,16+;12-,15+/m11/s1. The van der Waals surface area contributed by atoms with Gasteiger partial charge in [0, 0.05) is 10.8 Å². The topological polar surface area (TPSA) is 422 Å². The summed E-state index contributed by atoms with van der Waals surface area (Å²) < 4.78 is 56.7. The SMILES string of the molecule is CC(C)(C)OC(=O)CO/N=C(\C(=O)N[C@@H]1C(=O)N(S(=O)(=O)O)[C@@H]1Cn1cncn1)c1csc(NC(=O)OC(C)(C)C)n1.CC(C)(C)OC(=O)CO/N=C(\C(=O)N[C@@H]1C(=O)N[C@@H]1Cn1cncn1)c1csc(NC(=O)OC(C)(C)C)n1. The highest BCUT2D eigenvalue weighted by molar-refractivity contribution is 7.84. The van der Waals surface area contributed by atoms with Crippen LogP contribution >= 0.6 is 22.7 Å². The Morgan fingerprint density at radius 2 is 1.06 bits per heavy atom. The van der Waals surface area contributed by atoms with Gasteiger partial charge in [-0.1, -0.05) is 10.3 Å². The van der Waals surface area contributed by atoms with Crippen molar-refractivity contribution >= 4 is 102 Å². The van der Waals surface area contributed by atoms with E-state index >= 15 is 0 Å². The minimum Gasteiger partial charge on any atom is -0.457 e. The van der Waals surface area contributed by atoms with E-state index in [1.54, 1.807) is 83.1 Å². The van der Waals surface area contributed by atoms with Crippen molar-refractivity contribution in [1.29, 1.82) is 0 Å². The van der Waals surface area contributed by atoms with Crippen LogP contribution in [0.1, 0.15) is 94.5 Å². The molecule has 6 amide bonds. The zero-order valence-corrected chi connectivity index (χ0v) is 47.7. The van der Waals surface area contributed by atoms with Crippen LogP contribution in [0.2, 0.25) is 0 Å². The van der Waals surface area contributed by atoms with E-state index in [0.717, 1.165) is 22.7 Å². The van der Waals surface area contributed by atoms with Crippen LogP contribution < -0.4 is 26.6 Å². The first kappa shape index (κ1) is 62.6. The highest BCUT2D eigenvalue weighted by atomic mass is 32.2. The number of carbonyl (C=O) groups excluding carboxylic acids is 8. The molecule has 0 aliphatic carbocycles. The van der Waals surface area contributed by atoms with Crippen molar-refractivity contribution in [2.75, 3.05) is 23.8 Å². The minimum atomic E-state index is -4.97. The fourth-order valence-corrected chi connectivity index (χ4v) is 8.71. The third-order valence-electron chi connectivity index (χ3n) is 9.35. The van der Waals surface area contributed by atoms with E-state index in [4.69, 9.17) is 28.6 Å². The maximum absolute atomic E-state index is 13.3. The van der Waals surface area contributed by atoms with E-state index in [-0.39, 0.29) is 44.8 Å². The number of hydrogen-bond acceptors (Lipinski definition) is 26. The summed E-state index contributed by atoms with van der Waals surface area (Å²) in [6.45, 7) is 18.9. The van der Waals surface area contributed by atoms with Crippen LogP contribution in [0.25, 0.3) is 0 Å². The molecule has 4 atom stereocenters. The van der Waals surface area contributed by atoms with E-state index in [0.29, 0.717) is 0 Å². The fourth-order valence-electron chi connectivity index (χ4n) is 6.48. The summed E-state index contributed by atoms with van der Waals surface area (Å²) >= 11 is 1.92. The number of ether oxygens (including phenoxy) is 4. The van der Waals surface area contributed by atoms with Crippen LogP contribution in [0, 0.1) is 0 Å². The third-order valence-corrected chi connectivity index (χ3v) is 11.8. The number of thiazole rings is 2. The zero-order valence-electron chi connectivity index (χ0n) is 45.2. The molecule has 6 N–H and O–H groups in total. The average Bonchev–Trinajstić information content (AvgIpc) is 4.15. The molecular weight excluding hydrogens is 1120 g/mol. The van der Waals surface area contributed by atoms with Gasteiger partial charge in [0.15, 0.2) is 21.7 Å². The lowest BCUT2D eigenvalue weighted by molar-refractivity contribution is -0.161. The normalized spacial score (nSPS) is 17.7. The number of anilines is 2. The zero-order chi connectivity index (χ0) is 59.5. The van der Waals surface area contributed by atoms with Crippen molar-refractivity contribution in [3.63, 3.8) is 0 Å². The van der Waals surface area contributed by atoms with Gasteiger partial charge in [-0.05, 0) is 83.1 Å². The fraction of sp³-hybridized carbons (Fsp3) is 0.545. The molecule has 0 aromatic carbocycles. The number of nitrogens with one attached hydrogen (secondary N) is 5. The van der Waals surface area contributed by atoms with E-state index in [2.05, 4.69) is 67.0 Å². The van der Waals surface area contributed by atoms with Crippen molar-refractivity contribution in [1.82, 2.24) is 59.8 Å². The molecule has 80 heavy (non-hydrogen) atoms. The lowest BCUT2D eigenvalue weighted by Gasteiger charge is -2.43. The van der Waals surface area contributed by atoms with Gasteiger partial charge in [0.05, 0.1) is 25.2 Å². The van der Waals surface area contributed by atoms with Gasteiger partial charge in [-0.2, -0.15) is 18.6 Å². The van der Waals surface area contributed by atoms with Crippen molar-refractivity contribution in [2.24, 2.45) is 10.3 Å². The summed E-state index contributed by atoms with van der Waals surface area (Å²) in [5.41, 5.74) is -4.00. The number of rotatable bonds is 19. The highest BCUT2D eigenvalue weighted by Gasteiger charge is 2.54. The Morgan fingerprint density at radius 3 is 1.44 bits per heavy atom. The van der Waals surface area contributed by atoms with Gasteiger partial charge in [-0.3, -0.25) is 43.7 Å². The van der Waals surface area contributed by atoms with Gasteiger partial charge in [-0.25, -0.2) is 43.4 Å². The van der Waals surface area contributed by atoms with Crippen LogP contribution in [0.3, 0.4) is 0 Å². The Kier molecular flexibility index (Phi) is 20.1. The monoisotopic (exact) mass is 1180 g/mol. The first-order valence-corrected chi connectivity index (χ1v) is 26.8. The second-order valence-corrected chi connectivity index (χ2v) is 23.9. The molecule has 6 heterocycles. The smallest absolute Gasteiger partial charge is 0.413 e. The molecule has 2 saturated heterocycles. The first-order valence-electron chi connectivity index (χ1n) is 23.7. The summed E-state index contributed by atoms with van der Waals surface area (Å²) in [6.07, 6.45) is 3.71. The molecule has 6 rings (SSSR count). The molecular formula is C44H60N16O17S3. The molecule has 0 saturated carbocycles. The molecule has 4 aromatic heterocycles. The number of aromatic nitrogens is 8. The molecule has 0 spiro atoms. The Labute approximate surface area is 464 Å². The van der Waals surface area contributed by atoms with Gasteiger partial charge >= 0.3 is 34.4 Å². The minimum absolute atomic E-state index is 0.0215. The molecule has 0 radical (unpaired) electrons. The molecule has 2 aliphatic heterocycles. The number of β-lactam (4-membered cyclic amide) rings is 2. The number of hydrogen-bond donors (Lipinski definition) is 6. The van der Waals surface area contributed by atoms with Gasteiger partial charge in [-0.15, -0.1) is 22.7 Å². The Morgan fingerprint density at radius 1 is 0.650 bits per heavy atom. The van der Waals surface area contributed by atoms with Crippen molar-refractivity contribution in [3.05, 3.63) is 47.5 Å². The Hall–Kier alpha value is -8.25. The molecule has 4 aromatic rings. The Balaban J connectivity index is 0.000000295. The molecule has 436 valence electrons. The van der Waals surface area contributed by atoms with Crippen LogP contribution in [0.15, 0.2) is 46.4 Å². The van der Waals surface area contributed by atoms with E-state index in [1.807, 2.05) is 0 Å². The van der Waals surface area contributed by atoms with Crippen LogP contribution in [0.4, 0.5) is 19.9 Å².